The van der Waals surface area contributed by atoms with Gasteiger partial charge in [0, 0.05) is 36.3 Å². The molecule has 0 aromatic carbocycles. The molecule has 160 valence electrons. The average molecular weight is 438 g/mol. The molecule has 0 fully saturated rings. The molecule has 4 aromatic rings. The highest BCUT2D eigenvalue weighted by Crippen LogP contribution is 2.25. The fourth-order valence-electron chi connectivity index (χ4n) is 3.18. The zero-order valence-electron chi connectivity index (χ0n) is 17.8. The van der Waals surface area contributed by atoms with E-state index >= 15 is 0 Å². The average Bonchev–Trinajstić information content (AvgIpc) is 3.29. The minimum Gasteiger partial charge on any atom is -0.310 e. The number of rotatable bonds is 6. The maximum Gasteiger partial charge on any atom is 0.262 e. The maximum atomic E-state index is 12.8. The summed E-state index contributed by atoms with van der Waals surface area (Å²) in [5, 5.41) is 8.03. The molecule has 0 saturated heterocycles. The monoisotopic (exact) mass is 437 g/mol. The topological polar surface area (TPSA) is 108 Å². The number of hydrogen-bond donors (Lipinski definition) is 1. The van der Waals surface area contributed by atoms with Gasteiger partial charge in [-0.1, -0.05) is 13.8 Å². The lowest BCUT2D eigenvalue weighted by Gasteiger charge is -2.08. The highest BCUT2D eigenvalue weighted by Gasteiger charge is 2.17. The van der Waals surface area contributed by atoms with Crippen LogP contribution in [0.3, 0.4) is 0 Å². The second-order valence-electron chi connectivity index (χ2n) is 7.57. The van der Waals surface area contributed by atoms with Crippen LogP contribution in [-0.2, 0) is 11.3 Å². The summed E-state index contributed by atoms with van der Waals surface area (Å²) in [4.78, 5) is 40.1. The van der Waals surface area contributed by atoms with Gasteiger partial charge in [-0.2, -0.15) is 9.78 Å². The van der Waals surface area contributed by atoms with E-state index < -0.39 is 0 Å². The van der Waals surface area contributed by atoms with Crippen LogP contribution < -0.4 is 10.9 Å². The summed E-state index contributed by atoms with van der Waals surface area (Å²) in [6, 6.07) is 3.53. The van der Waals surface area contributed by atoms with Gasteiger partial charge in [-0.3, -0.25) is 14.2 Å². The van der Waals surface area contributed by atoms with Crippen LogP contribution in [0.2, 0.25) is 0 Å². The summed E-state index contributed by atoms with van der Waals surface area (Å²) < 4.78 is 3.00. The van der Waals surface area contributed by atoms with Crippen LogP contribution in [0.5, 0.6) is 0 Å². The quantitative estimate of drug-likeness (QED) is 0.496. The second-order valence-corrected chi connectivity index (χ2v) is 8.78. The Hall–Kier alpha value is -3.40. The molecule has 1 amide bonds. The zero-order chi connectivity index (χ0) is 22.1. The fraction of sp³-hybridized carbons (Fsp3) is 0.333. The van der Waals surface area contributed by atoms with E-state index in [4.69, 9.17) is 0 Å². The third-order valence-corrected chi connectivity index (χ3v) is 6.18. The number of anilines is 1. The summed E-state index contributed by atoms with van der Waals surface area (Å²) in [6.45, 7) is 8.17. The van der Waals surface area contributed by atoms with E-state index in [2.05, 4.69) is 25.4 Å². The van der Waals surface area contributed by atoms with E-state index in [-0.39, 0.29) is 30.3 Å². The van der Waals surface area contributed by atoms with Gasteiger partial charge in [0.25, 0.3) is 11.5 Å². The van der Waals surface area contributed by atoms with Gasteiger partial charge in [0.05, 0.1) is 17.4 Å². The third kappa shape index (κ3) is 4.11. The van der Waals surface area contributed by atoms with Crippen molar-refractivity contribution in [2.24, 2.45) is 0 Å². The highest BCUT2D eigenvalue weighted by atomic mass is 32.1. The Morgan fingerprint density at radius 1 is 1.19 bits per heavy atom. The number of amides is 1. The molecule has 0 saturated carbocycles. The molecule has 4 rings (SSSR count). The molecule has 0 bridgehead atoms. The van der Waals surface area contributed by atoms with Gasteiger partial charge in [0.2, 0.25) is 5.91 Å². The number of hydrogen-bond acceptors (Lipinski definition) is 7. The number of carbonyl (C=O) groups is 1. The smallest absolute Gasteiger partial charge is 0.262 e. The lowest BCUT2D eigenvalue weighted by Crippen LogP contribution is -2.24. The van der Waals surface area contributed by atoms with Crippen LogP contribution in [-0.4, -0.2) is 35.2 Å². The van der Waals surface area contributed by atoms with Crippen LogP contribution in [0, 0.1) is 13.8 Å². The van der Waals surface area contributed by atoms with Gasteiger partial charge >= 0.3 is 0 Å². The lowest BCUT2D eigenvalue weighted by atomic mass is 10.1. The molecule has 0 aliphatic rings. The molecule has 0 aliphatic carbocycles. The first-order valence-corrected chi connectivity index (χ1v) is 10.8. The van der Waals surface area contributed by atoms with Crippen molar-refractivity contribution in [3.63, 3.8) is 0 Å². The van der Waals surface area contributed by atoms with Crippen molar-refractivity contribution in [2.75, 3.05) is 5.32 Å². The summed E-state index contributed by atoms with van der Waals surface area (Å²) in [6.07, 6.45) is 4.86. The van der Waals surface area contributed by atoms with E-state index in [1.165, 1.54) is 26.9 Å². The van der Waals surface area contributed by atoms with E-state index in [0.29, 0.717) is 17.2 Å². The third-order valence-electron chi connectivity index (χ3n) is 5.06. The first-order chi connectivity index (χ1) is 14.8. The normalized spacial score (nSPS) is 11.4. The first-order valence-electron chi connectivity index (χ1n) is 9.97. The number of aromatic nitrogens is 6. The molecule has 4 heterocycles. The Labute approximate surface area is 182 Å². The highest BCUT2D eigenvalue weighted by molar-refractivity contribution is 7.18. The Morgan fingerprint density at radius 2 is 1.94 bits per heavy atom. The van der Waals surface area contributed by atoms with Crippen LogP contribution in [0.25, 0.3) is 16.2 Å². The predicted molar refractivity (Wildman–Crippen MR) is 120 cm³/mol. The standard InChI is InChI=1S/C21H23N7O2S/c1-12(2)15-10-16(28(26-15)21-22-7-5-8-23-21)25-17(29)6-9-27-11-24-19-18(20(27)30)13(3)14(4)31-19/h5,7-8,10-12H,6,9H2,1-4H3,(H,25,29). The number of thiophene rings is 1. The SMILES string of the molecule is Cc1sc2ncn(CCC(=O)Nc3cc(C(C)C)nn3-c3ncccn3)c(=O)c2c1C. The molecular formula is C21H23N7O2S. The van der Waals surface area contributed by atoms with Crippen molar-refractivity contribution >= 4 is 33.3 Å². The molecule has 0 spiro atoms. The minimum atomic E-state index is -0.238. The summed E-state index contributed by atoms with van der Waals surface area (Å²) >= 11 is 1.51. The molecule has 4 aromatic heterocycles. The van der Waals surface area contributed by atoms with Gasteiger partial charge in [0.1, 0.15) is 10.6 Å². The predicted octanol–water partition coefficient (Wildman–Crippen LogP) is 3.20. The Bertz CT molecular complexity index is 1300. The summed E-state index contributed by atoms with van der Waals surface area (Å²) in [5.74, 6) is 0.802. The number of nitrogens with zero attached hydrogens (tertiary/aromatic N) is 6. The molecule has 0 aliphatic heterocycles. The molecule has 9 nitrogen and oxygen atoms in total. The molecule has 1 N–H and O–H groups in total. The van der Waals surface area contributed by atoms with Crippen molar-refractivity contribution in [3.05, 3.63) is 57.3 Å². The number of carbonyl (C=O) groups excluding carboxylic acids is 1. The van der Waals surface area contributed by atoms with Crippen LogP contribution >= 0.6 is 11.3 Å². The van der Waals surface area contributed by atoms with Crippen LogP contribution in [0.1, 0.15) is 42.3 Å². The van der Waals surface area contributed by atoms with Crippen molar-refractivity contribution in [2.45, 2.75) is 46.6 Å². The summed E-state index contributed by atoms with van der Waals surface area (Å²) in [7, 11) is 0. The largest absolute Gasteiger partial charge is 0.310 e. The van der Waals surface area contributed by atoms with E-state index in [0.717, 1.165) is 21.0 Å². The minimum absolute atomic E-state index is 0.118. The second kappa shape index (κ2) is 8.38. The molecular weight excluding hydrogens is 414 g/mol. The molecule has 0 atom stereocenters. The van der Waals surface area contributed by atoms with E-state index in [9.17, 15) is 9.59 Å². The zero-order valence-corrected chi connectivity index (χ0v) is 18.6. The molecule has 10 heteroatoms. The van der Waals surface area contributed by atoms with Crippen molar-refractivity contribution in [1.82, 2.24) is 29.3 Å². The fourth-order valence-corrected chi connectivity index (χ4v) is 4.17. The first kappa shape index (κ1) is 20.9. The molecule has 0 radical (unpaired) electrons. The Morgan fingerprint density at radius 3 is 2.65 bits per heavy atom. The molecule has 31 heavy (non-hydrogen) atoms. The van der Waals surface area contributed by atoms with Gasteiger partial charge < -0.3 is 5.32 Å². The van der Waals surface area contributed by atoms with Crippen molar-refractivity contribution < 1.29 is 4.79 Å². The maximum absolute atomic E-state index is 12.8. The van der Waals surface area contributed by atoms with Gasteiger partial charge in [0.15, 0.2) is 0 Å². The Balaban J connectivity index is 1.53. The van der Waals surface area contributed by atoms with Gasteiger partial charge in [-0.15, -0.1) is 11.3 Å². The van der Waals surface area contributed by atoms with E-state index in [1.807, 2.05) is 33.8 Å². The lowest BCUT2D eigenvalue weighted by molar-refractivity contribution is -0.116. The Kier molecular flexibility index (Phi) is 5.64. The van der Waals surface area contributed by atoms with Crippen molar-refractivity contribution in [3.8, 4) is 5.95 Å². The molecule has 0 unspecified atom stereocenters. The van der Waals surface area contributed by atoms with Crippen LogP contribution in [0.4, 0.5) is 5.82 Å². The van der Waals surface area contributed by atoms with Crippen molar-refractivity contribution in [1.29, 1.82) is 0 Å². The summed E-state index contributed by atoms with van der Waals surface area (Å²) in [5.41, 5.74) is 1.64. The number of fused-ring (bicyclic) bond motifs is 1. The number of nitrogens with one attached hydrogen (secondary N) is 1. The van der Waals surface area contributed by atoms with Crippen LogP contribution in [0.15, 0.2) is 35.6 Å². The number of aryl methyl sites for hydroxylation is 3. The van der Waals surface area contributed by atoms with E-state index in [1.54, 1.807) is 18.5 Å². The van der Waals surface area contributed by atoms with Gasteiger partial charge in [-0.05, 0) is 31.4 Å². The van der Waals surface area contributed by atoms with Gasteiger partial charge in [-0.25, -0.2) is 15.0 Å².